The number of nitrogens with zero attached hydrogens (tertiary/aromatic N) is 3. The number of hydrogen-bond donors (Lipinski definition) is 0. The summed E-state index contributed by atoms with van der Waals surface area (Å²) in [5, 5.41) is 0.610. The molecule has 3 aromatic rings. The second-order valence-corrected chi connectivity index (χ2v) is 12.3. The molecule has 0 radical (unpaired) electrons. The van der Waals surface area contributed by atoms with Gasteiger partial charge in [0.2, 0.25) is 5.91 Å². The first-order valence-electron chi connectivity index (χ1n) is 11.6. The Morgan fingerprint density at radius 2 is 1.74 bits per heavy atom. The molecule has 190 valence electrons. The maximum atomic E-state index is 13.5. The van der Waals surface area contributed by atoms with Crippen molar-refractivity contribution in [2.24, 2.45) is 0 Å². The molecule has 0 spiro atoms. The molecule has 2 aromatic carbocycles. The van der Waals surface area contributed by atoms with E-state index in [1.54, 1.807) is 62.3 Å². The predicted molar refractivity (Wildman–Crippen MR) is 144 cm³/mol. The van der Waals surface area contributed by atoms with E-state index >= 15 is 0 Å². The number of likely N-dealkylation sites (N-methyl/N-ethyl adjacent to an activating group) is 1. The zero-order chi connectivity index (χ0) is 25.8. The largest absolute Gasteiger partial charge is 0.494 e. The minimum absolute atomic E-state index is 0.120. The van der Waals surface area contributed by atoms with Gasteiger partial charge in [0.05, 0.1) is 33.4 Å². The number of thiazole rings is 1. The Morgan fingerprint density at radius 1 is 1.09 bits per heavy atom. The molecule has 0 fully saturated rings. The van der Waals surface area contributed by atoms with Crippen LogP contribution in [0.5, 0.6) is 5.75 Å². The minimum atomic E-state index is -3.36. The molecule has 0 saturated carbocycles. The SMILES string of the molecule is CCN(CC)CCN(C(=O)Cc1ccc(S(=O)(=O)C(C)C)cc1)c1nc2c(OC)ccc(Cl)c2s1. The molecule has 1 amide bonds. The number of benzene rings is 2. The number of sulfone groups is 1. The van der Waals surface area contributed by atoms with Gasteiger partial charge in [-0.25, -0.2) is 13.4 Å². The average molecular weight is 538 g/mol. The standard InChI is InChI=1S/C25H32ClN3O4S2/c1-6-28(7-2)14-15-29(25-27-23-21(33-5)13-12-20(26)24(23)34-25)22(30)16-18-8-10-19(11-9-18)35(31,32)17(3)4/h8-13,17H,6-7,14-16H2,1-5H3. The fourth-order valence-electron chi connectivity index (χ4n) is 3.67. The summed E-state index contributed by atoms with van der Waals surface area (Å²) < 4.78 is 31.1. The van der Waals surface area contributed by atoms with Crippen molar-refractivity contribution in [3.8, 4) is 5.75 Å². The molecular weight excluding hydrogens is 506 g/mol. The third-order valence-electron chi connectivity index (χ3n) is 5.96. The van der Waals surface area contributed by atoms with Gasteiger partial charge in [0, 0.05) is 13.1 Å². The van der Waals surface area contributed by atoms with Crippen molar-refractivity contribution < 1.29 is 17.9 Å². The van der Waals surface area contributed by atoms with Crippen molar-refractivity contribution >= 4 is 54.0 Å². The number of aromatic nitrogens is 1. The molecule has 1 heterocycles. The van der Waals surface area contributed by atoms with Crippen molar-refractivity contribution in [2.45, 2.75) is 44.3 Å². The van der Waals surface area contributed by atoms with E-state index in [0.29, 0.717) is 34.5 Å². The van der Waals surface area contributed by atoms with Crippen LogP contribution in [0, 0.1) is 0 Å². The molecule has 0 saturated heterocycles. The van der Waals surface area contributed by atoms with Crippen LogP contribution in [0.1, 0.15) is 33.3 Å². The summed E-state index contributed by atoms with van der Waals surface area (Å²) in [6.07, 6.45) is 0.126. The number of carbonyl (C=O) groups is 1. The molecule has 0 N–H and O–H groups in total. The van der Waals surface area contributed by atoms with E-state index in [1.807, 2.05) is 0 Å². The molecule has 1 aromatic heterocycles. The summed E-state index contributed by atoms with van der Waals surface area (Å²) >= 11 is 7.77. The van der Waals surface area contributed by atoms with Gasteiger partial charge in [-0.15, -0.1) is 0 Å². The zero-order valence-electron chi connectivity index (χ0n) is 20.7. The quantitative estimate of drug-likeness (QED) is 0.340. The van der Waals surface area contributed by atoms with Crippen molar-refractivity contribution in [3.63, 3.8) is 0 Å². The molecule has 0 atom stereocenters. The second-order valence-electron chi connectivity index (χ2n) is 8.41. The van der Waals surface area contributed by atoms with E-state index in [4.69, 9.17) is 21.3 Å². The zero-order valence-corrected chi connectivity index (χ0v) is 23.1. The minimum Gasteiger partial charge on any atom is -0.494 e. The first-order chi connectivity index (χ1) is 16.6. The molecule has 0 aliphatic carbocycles. The summed E-state index contributed by atoms with van der Waals surface area (Å²) in [7, 11) is -1.79. The highest BCUT2D eigenvalue weighted by atomic mass is 35.5. The number of hydrogen-bond acceptors (Lipinski definition) is 7. The summed E-state index contributed by atoms with van der Waals surface area (Å²) in [6, 6.07) is 10.1. The number of anilines is 1. The number of halogens is 1. The number of methoxy groups -OCH3 is 1. The summed E-state index contributed by atoms with van der Waals surface area (Å²) in [5.41, 5.74) is 1.37. The van der Waals surface area contributed by atoms with E-state index in [1.165, 1.54) is 11.3 Å². The molecule has 0 aliphatic rings. The summed E-state index contributed by atoms with van der Waals surface area (Å²) in [6.45, 7) is 10.4. The van der Waals surface area contributed by atoms with Crippen LogP contribution in [0.2, 0.25) is 5.02 Å². The third kappa shape index (κ3) is 6.14. The van der Waals surface area contributed by atoms with Crippen LogP contribution >= 0.6 is 22.9 Å². The van der Waals surface area contributed by atoms with Crippen LogP contribution < -0.4 is 9.64 Å². The Hall–Kier alpha value is -2.20. The second kappa shape index (κ2) is 11.7. The average Bonchev–Trinajstić information content (AvgIpc) is 3.28. The normalized spacial score (nSPS) is 12.0. The molecule has 0 aliphatic heterocycles. The van der Waals surface area contributed by atoms with Crippen molar-refractivity contribution in [1.82, 2.24) is 9.88 Å². The number of rotatable bonds is 11. The van der Waals surface area contributed by atoms with Crippen LogP contribution in [0.4, 0.5) is 5.13 Å². The van der Waals surface area contributed by atoms with Gasteiger partial charge in [-0.05, 0) is 56.8 Å². The fourth-order valence-corrected chi connectivity index (χ4v) is 6.03. The number of ether oxygens (including phenoxy) is 1. The van der Waals surface area contributed by atoms with E-state index in [-0.39, 0.29) is 17.2 Å². The van der Waals surface area contributed by atoms with E-state index < -0.39 is 15.1 Å². The molecule has 0 unspecified atom stereocenters. The maximum Gasteiger partial charge on any atom is 0.233 e. The highest BCUT2D eigenvalue weighted by molar-refractivity contribution is 7.92. The highest BCUT2D eigenvalue weighted by Gasteiger charge is 2.24. The lowest BCUT2D eigenvalue weighted by Crippen LogP contribution is -2.39. The third-order valence-corrected chi connectivity index (χ3v) is 9.67. The van der Waals surface area contributed by atoms with E-state index in [9.17, 15) is 13.2 Å². The Labute approximate surface area is 216 Å². The predicted octanol–water partition coefficient (Wildman–Crippen LogP) is 5.06. The molecule has 10 heteroatoms. The first kappa shape index (κ1) is 27.4. The highest BCUT2D eigenvalue weighted by Crippen LogP contribution is 2.38. The molecule has 3 rings (SSSR count). The molecule has 35 heavy (non-hydrogen) atoms. The Balaban J connectivity index is 1.92. The summed E-state index contributed by atoms with van der Waals surface area (Å²) in [5.74, 6) is 0.482. The van der Waals surface area contributed by atoms with E-state index in [2.05, 4.69) is 18.7 Å². The number of fused-ring (bicyclic) bond motifs is 1. The Bertz CT molecular complexity index is 1270. The summed E-state index contributed by atoms with van der Waals surface area (Å²) in [4.78, 5) is 22.4. The maximum absolute atomic E-state index is 13.5. The van der Waals surface area contributed by atoms with Gasteiger partial charge < -0.3 is 9.64 Å². The van der Waals surface area contributed by atoms with Crippen LogP contribution in [0.15, 0.2) is 41.3 Å². The molecular formula is C25H32ClN3O4S2. The Kier molecular flexibility index (Phi) is 9.15. The fraction of sp³-hybridized carbons (Fsp3) is 0.440. The Morgan fingerprint density at radius 3 is 2.31 bits per heavy atom. The van der Waals surface area contributed by atoms with Gasteiger partial charge in [-0.2, -0.15) is 0 Å². The van der Waals surface area contributed by atoms with Crippen LogP contribution in [0.25, 0.3) is 10.2 Å². The van der Waals surface area contributed by atoms with Crippen LogP contribution in [-0.2, 0) is 21.1 Å². The monoisotopic (exact) mass is 537 g/mol. The molecule has 7 nitrogen and oxygen atoms in total. The van der Waals surface area contributed by atoms with Gasteiger partial charge in [0.25, 0.3) is 0 Å². The van der Waals surface area contributed by atoms with Crippen molar-refractivity contribution in [1.29, 1.82) is 0 Å². The van der Waals surface area contributed by atoms with Gasteiger partial charge in [0.15, 0.2) is 15.0 Å². The van der Waals surface area contributed by atoms with Gasteiger partial charge in [-0.1, -0.05) is 48.9 Å². The van der Waals surface area contributed by atoms with Gasteiger partial charge in [-0.3, -0.25) is 9.69 Å². The number of amides is 1. The van der Waals surface area contributed by atoms with Crippen molar-refractivity contribution in [3.05, 3.63) is 47.0 Å². The first-order valence-corrected chi connectivity index (χ1v) is 14.3. The van der Waals surface area contributed by atoms with Gasteiger partial charge >= 0.3 is 0 Å². The lowest BCUT2D eigenvalue weighted by molar-refractivity contribution is -0.118. The lowest BCUT2D eigenvalue weighted by atomic mass is 10.1. The smallest absolute Gasteiger partial charge is 0.233 e. The van der Waals surface area contributed by atoms with Crippen LogP contribution in [0.3, 0.4) is 0 Å². The van der Waals surface area contributed by atoms with E-state index in [0.717, 1.165) is 23.4 Å². The number of carbonyl (C=O) groups excluding carboxylic acids is 1. The lowest BCUT2D eigenvalue weighted by Gasteiger charge is -2.24. The topological polar surface area (TPSA) is 79.8 Å². The molecule has 0 bridgehead atoms. The van der Waals surface area contributed by atoms with Crippen molar-refractivity contribution in [2.75, 3.05) is 38.2 Å². The van der Waals surface area contributed by atoms with Gasteiger partial charge in [0.1, 0.15) is 11.3 Å². The van der Waals surface area contributed by atoms with Crippen LogP contribution in [-0.4, -0.2) is 62.7 Å².